The highest BCUT2D eigenvalue weighted by molar-refractivity contribution is 5.94. The Morgan fingerprint density at radius 1 is 0.938 bits per heavy atom. The maximum Gasteiger partial charge on any atom is 0.153 e. The molecule has 2 N–H and O–H groups in total. The zero-order valence-corrected chi connectivity index (χ0v) is 17.7. The number of aromatic nitrogens is 6. The van der Waals surface area contributed by atoms with Gasteiger partial charge < -0.3 is 20.1 Å². The number of H-pyrrole nitrogens is 1. The zero-order chi connectivity index (χ0) is 21.5. The van der Waals surface area contributed by atoms with Gasteiger partial charge in [0.25, 0.3) is 0 Å². The van der Waals surface area contributed by atoms with Crippen molar-refractivity contribution in [2.45, 2.75) is 0 Å². The summed E-state index contributed by atoms with van der Waals surface area (Å²) >= 11 is 0. The average Bonchev–Trinajstić information content (AvgIpc) is 3.46. The Morgan fingerprint density at radius 2 is 1.84 bits per heavy atom. The summed E-state index contributed by atoms with van der Waals surface area (Å²) in [5, 5.41) is 9.18. The molecule has 6 heterocycles. The summed E-state index contributed by atoms with van der Waals surface area (Å²) in [7, 11) is 2.16. The lowest BCUT2D eigenvalue weighted by Gasteiger charge is -2.33. The van der Waals surface area contributed by atoms with Gasteiger partial charge in [-0.3, -0.25) is 0 Å². The van der Waals surface area contributed by atoms with Crippen molar-refractivity contribution in [3.63, 3.8) is 0 Å². The topological polar surface area (TPSA) is 90.3 Å². The molecule has 1 fully saturated rings. The first kappa shape index (κ1) is 18.8. The second-order valence-corrected chi connectivity index (χ2v) is 8.09. The van der Waals surface area contributed by atoms with Crippen LogP contribution in [0.15, 0.2) is 61.3 Å². The third-order valence-electron chi connectivity index (χ3n) is 5.92. The van der Waals surface area contributed by atoms with Gasteiger partial charge in [0.1, 0.15) is 11.5 Å². The molecule has 0 aliphatic carbocycles. The Morgan fingerprint density at radius 3 is 2.75 bits per heavy atom. The van der Waals surface area contributed by atoms with Crippen LogP contribution < -0.4 is 10.2 Å². The second kappa shape index (κ2) is 7.61. The van der Waals surface area contributed by atoms with Gasteiger partial charge in [-0.15, -0.1) is 0 Å². The van der Waals surface area contributed by atoms with Crippen LogP contribution in [-0.4, -0.2) is 67.7 Å². The number of aromatic amines is 1. The summed E-state index contributed by atoms with van der Waals surface area (Å²) in [4.78, 5) is 21.4. The fourth-order valence-electron chi connectivity index (χ4n) is 4.11. The molecule has 5 aromatic rings. The predicted molar refractivity (Wildman–Crippen MR) is 125 cm³/mol. The molecule has 1 aliphatic rings. The lowest BCUT2D eigenvalue weighted by molar-refractivity contribution is 0.312. The third kappa shape index (κ3) is 3.42. The summed E-state index contributed by atoms with van der Waals surface area (Å²) in [6.07, 6.45) is 9.24. The normalized spacial score (nSPS) is 15.0. The van der Waals surface area contributed by atoms with Crippen molar-refractivity contribution >= 4 is 33.9 Å². The van der Waals surface area contributed by atoms with Crippen LogP contribution >= 0.6 is 0 Å². The van der Waals surface area contributed by atoms with Crippen molar-refractivity contribution < 1.29 is 0 Å². The molecule has 9 heteroatoms. The van der Waals surface area contributed by atoms with Gasteiger partial charge in [-0.05, 0) is 31.3 Å². The Bertz CT molecular complexity index is 1400. The third-order valence-corrected chi connectivity index (χ3v) is 5.92. The largest absolute Gasteiger partial charge is 0.354 e. The molecule has 1 aliphatic heterocycles. The van der Waals surface area contributed by atoms with E-state index in [9.17, 15) is 0 Å². The van der Waals surface area contributed by atoms with Crippen LogP contribution in [0.5, 0.6) is 0 Å². The number of imidazole rings is 1. The number of hydrogen-bond donors (Lipinski definition) is 2. The Hall–Kier alpha value is -3.98. The Kier molecular flexibility index (Phi) is 4.46. The molecule has 9 nitrogen and oxygen atoms in total. The van der Waals surface area contributed by atoms with E-state index in [0.717, 1.165) is 71.3 Å². The Balaban J connectivity index is 1.30. The number of rotatable bonds is 4. The highest BCUT2D eigenvalue weighted by atomic mass is 15.3. The maximum absolute atomic E-state index is 4.68. The highest BCUT2D eigenvalue weighted by Gasteiger charge is 2.16. The van der Waals surface area contributed by atoms with Gasteiger partial charge in [-0.2, -0.15) is 5.10 Å². The minimum Gasteiger partial charge on any atom is -0.354 e. The van der Waals surface area contributed by atoms with Gasteiger partial charge in [0, 0.05) is 73.7 Å². The molecule has 6 rings (SSSR count). The van der Waals surface area contributed by atoms with Gasteiger partial charge in [-0.1, -0.05) is 0 Å². The Labute approximate surface area is 184 Å². The average molecular weight is 426 g/mol. The minimum absolute atomic E-state index is 0.822. The molecular formula is C23H23N9. The molecule has 0 aromatic carbocycles. The molecule has 0 unspecified atom stereocenters. The molecule has 0 amide bonds. The standard InChI is InChI=1S/C23H23N9/c1-30-8-10-31(11-9-30)22-13-16(4-5-24-22)28-17-12-18-19(15-27-23(18)26-14-17)20-2-3-21-25-6-7-32(21)29-20/h2-7,12-15H,8-11H2,1H3,(H,24,28)(H,26,27). The minimum atomic E-state index is 0.822. The van der Waals surface area contributed by atoms with E-state index in [1.807, 2.05) is 43.0 Å². The van der Waals surface area contributed by atoms with Crippen LogP contribution in [0.2, 0.25) is 0 Å². The van der Waals surface area contributed by atoms with E-state index in [0.29, 0.717) is 0 Å². The van der Waals surface area contributed by atoms with Crippen LogP contribution in [0.25, 0.3) is 27.9 Å². The second-order valence-electron chi connectivity index (χ2n) is 8.09. The van der Waals surface area contributed by atoms with E-state index >= 15 is 0 Å². The van der Waals surface area contributed by atoms with E-state index in [4.69, 9.17) is 0 Å². The number of hydrogen-bond acceptors (Lipinski definition) is 7. The fraction of sp³-hybridized carbons (Fsp3) is 0.217. The van der Waals surface area contributed by atoms with Crippen LogP contribution in [0.4, 0.5) is 17.2 Å². The number of pyridine rings is 2. The molecular weight excluding hydrogens is 402 g/mol. The molecule has 1 saturated heterocycles. The summed E-state index contributed by atoms with van der Waals surface area (Å²) < 4.78 is 1.78. The molecule has 5 aromatic heterocycles. The van der Waals surface area contributed by atoms with Gasteiger partial charge in [0.15, 0.2) is 5.65 Å². The van der Waals surface area contributed by atoms with E-state index < -0.39 is 0 Å². The SMILES string of the molecule is CN1CCN(c2cc(Nc3cnc4[nH]cc(-c5ccc6nccn6n5)c4c3)ccn2)CC1. The van der Waals surface area contributed by atoms with E-state index in [1.165, 1.54) is 0 Å². The van der Waals surface area contributed by atoms with Gasteiger partial charge in [0.05, 0.1) is 17.6 Å². The summed E-state index contributed by atoms with van der Waals surface area (Å²) in [5.41, 5.74) is 5.41. The van der Waals surface area contributed by atoms with E-state index in [1.54, 1.807) is 10.7 Å². The van der Waals surface area contributed by atoms with Crippen molar-refractivity contribution in [3.8, 4) is 11.3 Å². The molecule has 160 valence electrons. The van der Waals surface area contributed by atoms with Crippen molar-refractivity contribution in [2.24, 2.45) is 0 Å². The molecule has 32 heavy (non-hydrogen) atoms. The first-order valence-electron chi connectivity index (χ1n) is 10.7. The smallest absolute Gasteiger partial charge is 0.153 e. The van der Waals surface area contributed by atoms with E-state index in [2.05, 4.69) is 59.3 Å². The number of fused-ring (bicyclic) bond motifs is 2. The van der Waals surface area contributed by atoms with Crippen LogP contribution in [0.1, 0.15) is 0 Å². The first-order chi connectivity index (χ1) is 15.7. The fourth-order valence-corrected chi connectivity index (χ4v) is 4.11. The molecule has 0 spiro atoms. The number of nitrogens with one attached hydrogen (secondary N) is 2. The highest BCUT2D eigenvalue weighted by Crippen LogP contribution is 2.29. The number of piperazine rings is 1. The van der Waals surface area contributed by atoms with Crippen LogP contribution in [0.3, 0.4) is 0 Å². The molecule has 0 radical (unpaired) electrons. The van der Waals surface area contributed by atoms with Crippen molar-refractivity contribution in [1.29, 1.82) is 0 Å². The monoisotopic (exact) mass is 425 g/mol. The lowest BCUT2D eigenvalue weighted by atomic mass is 10.1. The number of nitrogens with zero attached hydrogens (tertiary/aromatic N) is 7. The van der Waals surface area contributed by atoms with Crippen molar-refractivity contribution in [3.05, 3.63) is 61.3 Å². The number of anilines is 3. The number of likely N-dealkylation sites (N-methyl/N-ethyl adjacent to an activating group) is 1. The molecule has 0 bridgehead atoms. The first-order valence-corrected chi connectivity index (χ1v) is 10.7. The van der Waals surface area contributed by atoms with Crippen molar-refractivity contribution in [1.82, 2.24) is 34.4 Å². The van der Waals surface area contributed by atoms with Gasteiger partial charge >= 0.3 is 0 Å². The van der Waals surface area contributed by atoms with Crippen LogP contribution in [0, 0.1) is 0 Å². The summed E-state index contributed by atoms with van der Waals surface area (Å²) in [5.74, 6) is 0.998. The quantitative estimate of drug-likeness (QED) is 0.457. The van der Waals surface area contributed by atoms with Gasteiger partial charge in [0.2, 0.25) is 0 Å². The zero-order valence-electron chi connectivity index (χ0n) is 17.7. The summed E-state index contributed by atoms with van der Waals surface area (Å²) in [6, 6.07) is 10.1. The lowest BCUT2D eigenvalue weighted by Crippen LogP contribution is -2.44. The van der Waals surface area contributed by atoms with Gasteiger partial charge in [-0.25, -0.2) is 19.5 Å². The molecule has 0 saturated carbocycles. The van der Waals surface area contributed by atoms with Crippen molar-refractivity contribution in [2.75, 3.05) is 43.4 Å². The maximum atomic E-state index is 4.68. The van der Waals surface area contributed by atoms with Crippen LogP contribution in [-0.2, 0) is 0 Å². The summed E-state index contributed by atoms with van der Waals surface area (Å²) in [6.45, 7) is 4.08. The predicted octanol–water partition coefficient (Wildman–Crippen LogP) is 3.16. The van der Waals surface area contributed by atoms with E-state index in [-0.39, 0.29) is 0 Å². The molecule has 0 atom stereocenters.